The molecular weight excluding hydrogens is 378 g/mol. The Bertz CT molecular complexity index is 1270. The van der Waals surface area contributed by atoms with Crippen LogP contribution in [0.25, 0.3) is 5.69 Å². The number of para-hydroxylation sites is 2. The second-order valence-corrected chi connectivity index (χ2v) is 7.94. The number of ketones is 1. The molecule has 6 nitrogen and oxygen atoms in total. The molecule has 1 atom stereocenters. The first-order chi connectivity index (χ1) is 14.6. The molecule has 148 valence electrons. The van der Waals surface area contributed by atoms with E-state index in [0.29, 0.717) is 47.7 Å². The van der Waals surface area contributed by atoms with Crippen LogP contribution in [0.4, 0.5) is 5.69 Å². The summed E-state index contributed by atoms with van der Waals surface area (Å²) in [5, 5.41) is 7.76. The average molecular weight is 397 g/mol. The largest absolute Gasteiger partial charge is 0.442 e. The number of fused-ring (bicyclic) bond motifs is 5. The predicted octanol–water partition coefficient (Wildman–Crippen LogP) is 3.82. The molecule has 2 aliphatic heterocycles. The number of hydrogen-bond acceptors (Lipinski definition) is 4. The van der Waals surface area contributed by atoms with Gasteiger partial charge in [0.1, 0.15) is 11.2 Å². The normalized spacial score (nSPS) is 21.8. The average Bonchev–Trinajstić information content (AvgIpc) is 3.24. The summed E-state index contributed by atoms with van der Waals surface area (Å²) in [5.41, 5.74) is 2.93. The van der Waals surface area contributed by atoms with E-state index in [4.69, 9.17) is 9.84 Å². The third-order valence-corrected chi connectivity index (χ3v) is 6.27. The number of anilines is 1. The molecule has 0 bridgehead atoms. The Kier molecular flexibility index (Phi) is 3.40. The molecule has 30 heavy (non-hydrogen) atoms. The summed E-state index contributed by atoms with van der Waals surface area (Å²) in [6.07, 6.45) is 1.75. The molecule has 0 radical (unpaired) electrons. The molecule has 3 aromatic rings. The Morgan fingerprint density at radius 2 is 1.80 bits per heavy atom. The van der Waals surface area contributed by atoms with Gasteiger partial charge in [-0.3, -0.25) is 9.59 Å². The molecular formula is C24H19N3O3. The topological polar surface area (TPSA) is 73.2 Å². The zero-order valence-corrected chi connectivity index (χ0v) is 16.4. The maximum absolute atomic E-state index is 13.7. The van der Waals surface area contributed by atoms with Gasteiger partial charge in [0.2, 0.25) is 11.8 Å². The molecule has 6 rings (SSSR count). The molecule has 2 aromatic carbocycles. The van der Waals surface area contributed by atoms with Crippen LogP contribution < -0.4 is 10.1 Å². The molecule has 0 saturated heterocycles. The number of aryl methyl sites for hydroxylation is 1. The standard InChI is InChI=1S/C24H19N3O3/c1-14-20-22(27(26-14)15-8-3-2-4-9-15)30-19-13-7-12-18(28)21(19)24(20)16-10-5-6-11-17(16)25-23(24)29/h2-6,8-11H,7,12-13H2,1H3,(H,25,29). The zero-order chi connectivity index (χ0) is 20.5. The molecule has 6 heteroatoms. The van der Waals surface area contributed by atoms with Crippen LogP contribution in [-0.4, -0.2) is 21.5 Å². The van der Waals surface area contributed by atoms with Gasteiger partial charge in [-0.05, 0) is 31.5 Å². The second kappa shape index (κ2) is 5.92. The van der Waals surface area contributed by atoms with E-state index >= 15 is 0 Å². The Balaban J connectivity index is 1.73. The number of nitrogens with zero attached hydrogens (tertiary/aromatic N) is 2. The number of carbonyl (C=O) groups is 2. The fourth-order valence-electron chi connectivity index (χ4n) is 5.11. The molecule has 1 unspecified atom stereocenters. The first-order valence-electron chi connectivity index (χ1n) is 10.1. The minimum absolute atomic E-state index is 0.0272. The van der Waals surface area contributed by atoms with Gasteiger partial charge in [0.15, 0.2) is 5.78 Å². The van der Waals surface area contributed by atoms with Crippen LogP contribution in [0.3, 0.4) is 0 Å². The maximum atomic E-state index is 13.7. The van der Waals surface area contributed by atoms with Gasteiger partial charge in [0.25, 0.3) is 0 Å². The Morgan fingerprint density at radius 1 is 1.03 bits per heavy atom. The van der Waals surface area contributed by atoms with Crippen molar-refractivity contribution in [2.75, 3.05) is 5.32 Å². The minimum Gasteiger partial charge on any atom is -0.442 e. The highest BCUT2D eigenvalue weighted by Crippen LogP contribution is 2.56. The maximum Gasteiger partial charge on any atom is 0.244 e. The molecule has 1 amide bonds. The zero-order valence-electron chi connectivity index (χ0n) is 16.4. The SMILES string of the molecule is Cc1nn(-c2ccccc2)c2c1C1(C(=O)Nc3ccccc31)C1=C(CCCC1=O)O2. The summed E-state index contributed by atoms with van der Waals surface area (Å²) in [7, 11) is 0. The lowest BCUT2D eigenvalue weighted by Gasteiger charge is -2.37. The molecule has 1 aliphatic carbocycles. The van der Waals surface area contributed by atoms with Gasteiger partial charge in [-0.15, -0.1) is 0 Å². The van der Waals surface area contributed by atoms with E-state index in [-0.39, 0.29) is 11.7 Å². The van der Waals surface area contributed by atoms with Crippen molar-refractivity contribution >= 4 is 17.4 Å². The number of ether oxygens (including phenoxy) is 1. The molecule has 1 N–H and O–H groups in total. The summed E-state index contributed by atoms with van der Waals surface area (Å²) in [5.74, 6) is 0.856. The van der Waals surface area contributed by atoms with E-state index in [1.807, 2.05) is 61.5 Å². The van der Waals surface area contributed by atoms with Crippen molar-refractivity contribution < 1.29 is 14.3 Å². The van der Waals surface area contributed by atoms with Crippen LogP contribution in [0.1, 0.15) is 36.1 Å². The van der Waals surface area contributed by atoms with E-state index in [1.165, 1.54) is 0 Å². The molecule has 3 heterocycles. The highest BCUT2D eigenvalue weighted by Gasteiger charge is 2.60. The van der Waals surface area contributed by atoms with Crippen molar-refractivity contribution in [1.29, 1.82) is 0 Å². The number of Topliss-reactive ketones (excluding diaryl/α,β-unsaturated/α-hetero) is 1. The van der Waals surface area contributed by atoms with E-state index in [0.717, 1.165) is 16.9 Å². The Labute approximate surface area is 173 Å². The molecule has 1 aromatic heterocycles. The van der Waals surface area contributed by atoms with Crippen molar-refractivity contribution in [3.05, 3.63) is 82.8 Å². The van der Waals surface area contributed by atoms with E-state index < -0.39 is 5.41 Å². The summed E-state index contributed by atoms with van der Waals surface area (Å²) >= 11 is 0. The van der Waals surface area contributed by atoms with Crippen molar-refractivity contribution in [1.82, 2.24) is 9.78 Å². The van der Waals surface area contributed by atoms with E-state index in [9.17, 15) is 9.59 Å². The van der Waals surface area contributed by atoms with Crippen LogP contribution in [0.2, 0.25) is 0 Å². The number of nitrogens with one attached hydrogen (secondary N) is 1. The minimum atomic E-state index is -1.23. The van der Waals surface area contributed by atoms with Gasteiger partial charge >= 0.3 is 0 Å². The highest BCUT2D eigenvalue weighted by molar-refractivity contribution is 6.19. The summed E-state index contributed by atoms with van der Waals surface area (Å²) in [6.45, 7) is 1.87. The first-order valence-corrected chi connectivity index (χ1v) is 10.1. The van der Waals surface area contributed by atoms with Gasteiger partial charge in [0, 0.05) is 24.1 Å². The second-order valence-electron chi connectivity index (χ2n) is 7.94. The summed E-state index contributed by atoms with van der Waals surface area (Å²) in [4.78, 5) is 26.9. The van der Waals surface area contributed by atoms with Crippen molar-refractivity contribution in [3.8, 4) is 11.6 Å². The smallest absolute Gasteiger partial charge is 0.244 e. The number of benzene rings is 2. The lowest BCUT2D eigenvalue weighted by molar-refractivity contribution is -0.123. The van der Waals surface area contributed by atoms with Crippen LogP contribution in [0, 0.1) is 6.92 Å². The number of carbonyl (C=O) groups excluding carboxylic acids is 2. The Hall–Kier alpha value is -3.67. The third kappa shape index (κ3) is 2.00. The van der Waals surface area contributed by atoms with Crippen LogP contribution in [0.5, 0.6) is 5.88 Å². The van der Waals surface area contributed by atoms with Crippen molar-refractivity contribution in [3.63, 3.8) is 0 Å². The van der Waals surface area contributed by atoms with E-state index in [2.05, 4.69) is 5.32 Å². The van der Waals surface area contributed by atoms with Crippen molar-refractivity contribution in [2.24, 2.45) is 0 Å². The number of hydrogen-bond donors (Lipinski definition) is 1. The fourth-order valence-corrected chi connectivity index (χ4v) is 5.11. The molecule has 0 saturated carbocycles. The monoisotopic (exact) mass is 397 g/mol. The number of rotatable bonds is 1. The first kappa shape index (κ1) is 17.2. The van der Waals surface area contributed by atoms with Gasteiger partial charge in [-0.25, -0.2) is 4.68 Å². The number of aromatic nitrogens is 2. The lowest BCUT2D eigenvalue weighted by atomic mass is 9.65. The van der Waals surface area contributed by atoms with Crippen LogP contribution in [0.15, 0.2) is 65.9 Å². The van der Waals surface area contributed by atoms with Gasteiger partial charge in [-0.2, -0.15) is 5.10 Å². The lowest BCUT2D eigenvalue weighted by Crippen LogP contribution is -2.45. The van der Waals surface area contributed by atoms with Gasteiger partial charge < -0.3 is 10.1 Å². The number of amides is 1. The third-order valence-electron chi connectivity index (χ3n) is 6.27. The fraction of sp³-hybridized carbons (Fsp3) is 0.208. The number of allylic oxidation sites excluding steroid dienone is 1. The quantitative estimate of drug-likeness (QED) is 0.678. The van der Waals surface area contributed by atoms with Crippen LogP contribution in [-0.2, 0) is 15.0 Å². The molecule has 0 fully saturated rings. The van der Waals surface area contributed by atoms with Crippen molar-refractivity contribution in [2.45, 2.75) is 31.6 Å². The van der Waals surface area contributed by atoms with E-state index in [1.54, 1.807) is 4.68 Å². The van der Waals surface area contributed by atoms with Gasteiger partial charge in [-0.1, -0.05) is 36.4 Å². The molecule has 1 spiro atoms. The highest BCUT2D eigenvalue weighted by atomic mass is 16.5. The van der Waals surface area contributed by atoms with Gasteiger partial charge in [0.05, 0.1) is 22.5 Å². The Morgan fingerprint density at radius 3 is 2.63 bits per heavy atom. The summed E-state index contributed by atoms with van der Waals surface area (Å²) < 4.78 is 8.08. The van der Waals surface area contributed by atoms with Crippen LogP contribution >= 0.6 is 0 Å². The predicted molar refractivity (Wildman–Crippen MR) is 111 cm³/mol. The molecule has 3 aliphatic rings. The summed E-state index contributed by atoms with van der Waals surface area (Å²) in [6, 6.07) is 17.3.